The Bertz CT molecular complexity index is 277. The van der Waals surface area contributed by atoms with E-state index in [-0.39, 0.29) is 17.0 Å². The van der Waals surface area contributed by atoms with E-state index in [2.05, 4.69) is 20.8 Å². The highest BCUT2D eigenvalue weighted by Crippen LogP contribution is 2.59. The maximum absolute atomic E-state index is 11.3. The minimum atomic E-state index is -0.179. The molecule has 2 heteroatoms. The molecule has 86 valence electrons. The van der Waals surface area contributed by atoms with E-state index < -0.39 is 0 Å². The van der Waals surface area contributed by atoms with Gasteiger partial charge in [0.1, 0.15) is 5.60 Å². The first-order valence-electron chi connectivity index (χ1n) is 6.05. The Morgan fingerprint density at radius 1 is 1.33 bits per heavy atom. The highest BCUT2D eigenvalue weighted by atomic mass is 16.6. The van der Waals surface area contributed by atoms with Crippen LogP contribution in [0.1, 0.15) is 53.4 Å². The quantitative estimate of drug-likeness (QED) is 0.621. The Balaban J connectivity index is 2.28. The van der Waals surface area contributed by atoms with Gasteiger partial charge >= 0.3 is 5.97 Å². The van der Waals surface area contributed by atoms with Crippen molar-refractivity contribution in [2.75, 3.05) is 0 Å². The Morgan fingerprint density at radius 3 is 2.33 bits per heavy atom. The normalized spacial score (nSPS) is 39.5. The Morgan fingerprint density at radius 2 is 2.00 bits per heavy atom. The van der Waals surface area contributed by atoms with E-state index in [0.29, 0.717) is 5.92 Å². The van der Waals surface area contributed by atoms with E-state index in [0.717, 1.165) is 12.3 Å². The molecule has 0 N–H and O–H groups in total. The van der Waals surface area contributed by atoms with Gasteiger partial charge in [-0.15, -0.1) is 0 Å². The summed E-state index contributed by atoms with van der Waals surface area (Å²) in [5.41, 5.74) is -0.111. The van der Waals surface area contributed by atoms with Gasteiger partial charge in [0.15, 0.2) is 0 Å². The van der Waals surface area contributed by atoms with Gasteiger partial charge in [0.2, 0.25) is 0 Å². The lowest BCUT2D eigenvalue weighted by Gasteiger charge is -2.46. The third-order valence-corrected chi connectivity index (χ3v) is 4.39. The fraction of sp³-hybridized carbons (Fsp3) is 0.923. The van der Waals surface area contributed by atoms with E-state index in [1.165, 1.54) is 19.3 Å². The van der Waals surface area contributed by atoms with Crippen molar-refractivity contribution in [2.24, 2.45) is 17.3 Å². The molecular weight excluding hydrogens is 188 g/mol. The first-order chi connectivity index (χ1) is 6.85. The monoisotopic (exact) mass is 210 g/mol. The van der Waals surface area contributed by atoms with Crippen molar-refractivity contribution in [3.8, 4) is 0 Å². The van der Waals surface area contributed by atoms with Gasteiger partial charge in [-0.05, 0) is 37.5 Å². The zero-order valence-electron chi connectivity index (χ0n) is 10.3. The number of fused-ring (bicyclic) bond motifs is 2. The highest BCUT2D eigenvalue weighted by Gasteiger charge is 2.59. The molecule has 0 aliphatic heterocycles. The van der Waals surface area contributed by atoms with Crippen LogP contribution in [-0.4, -0.2) is 11.6 Å². The van der Waals surface area contributed by atoms with Crippen LogP contribution in [0.25, 0.3) is 0 Å². The maximum atomic E-state index is 11.3. The Hall–Kier alpha value is -0.530. The smallest absolute Gasteiger partial charge is 0.303 e. The molecule has 2 fully saturated rings. The molecule has 3 atom stereocenters. The summed E-state index contributed by atoms with van der Waals surface area (Å²) >= 11 is 0. The molecule has 0 aromatic carbocycles. The second kappa shape index (κ2) is 3.23. The van der Waals surface area contributed by atoms with Gasteiger partial charge in [-0.3, -0.25) is 4.79 Å². The molecule has 0 amide bonds. The van der Waals surface area contributed by atoms with Crippen LogP contribution in [0, 0.1) is 17.3 Å². The highest BCUT2D eigenvalue weighted by molar-refractivity contribution is 5.66. The molecule has 15 heavy (non-hydrogen) atoms. The van der Waals surface area contributed by atoms with Crippen LogP contribution < -0.4 is 0 Å². The summed E-state index contributed by atoms with van der Waals surface area (Å²) in [5, 5.41) is 0. The van der Waals surface area contributed by atoms with Crippen LogP contribution >= 0.6 is 0 Å². The van der Waals surface area contributed by atoms with E-state index >= 15 is 0 Å². The van der Waals surface area contributed by atoms with Crippen LogP contribution in [0.2, 0.25) is 0 Å². The zero-order chi connectivity index (χ0) is 11.3. The van der Waals surface area contributed by atoms with Crippen molar-refractivity contribution >= 4 is 5.97 Å². The Labute approximate surface area is 92.4 Å². The Kier molecular flexibility index (Phi) is 2.36. The summed E-state index contributed by atoms with van der Waals surface area (Å²) in [7, 11) is 0. The molecule has 0 aromatic rings. The van der Waals surface area contributed by atoms with E-state index in [4.69, 9.17) is 4.74 Å². The van der Waals surface area contributed by atoms with Crippen LogP contribution in [0.5, 0.6) is 0 Å². The first kappa shape index (κ1) is 11.0. The van der Waals surface area contributed by atoms with Gasteiger partial charge in [-0.1, -0.05) is 20.8 Å². The molecule has 2 rings (SSSR count). The summed E-state index contributed by atoms with van der Waals surface area (Å²) in [5.74, 6) is 1.29. The van der Waals surface area contributed by atoms with Crippen molar-refractivity contribution in [1.82, 2.24) is 0 Å². The molecule has 2 nitrogen and oxygen atoms in total. The van der Waals surface area contributed by atoms with E-state index in [1.807, 2.05) is 0 Å². The lowest BCUT2D eigenvalue weighted by atomic mass is 9.67. The molecular formula is C13H22O2. The predicted molar refractivity (Wildman–Crippen MR) is 59.4 cm³/mol. The summed E-state index contributed by atoms with van der Waals surface area (Å²) < 4.78 is 5.76. The molecule has 0 radical (unpaired) electrons. The van der Waals surface area contributed by atoms with Crippen LogP contribution in [0.3, 0.4) is 0 Å². The predicted octanol–water partition coefficient (Wildman–Crippen LogP) is 3.15. The largest absolute Gasteiger partial charge is 0.458 e. The van der Waals surface area contributed by atoms with E-state index in [1.54, 1.807) is 6.92 Å². The van der Waals surface area contributed by atoms with Crippen molar-refractivity contribution in [3.63, 3.8) is 0 Å². The summed E-state index contributed by atoms with van der Waals surface area (Å²) in [6, 6.07) is 0. The van der Waals surface area contributed by atoms with Gasteiger partial charge in [-0.25, -0.2) is 0 Å². The second-order valence-electron chi connectivity index (χ2n) is 6.31. The minimum Gasteiger partial charge on any atom is -0.458 e. The van der Waals surface area contributed by atoms with E-state index in [9.17, 15) is 4.79 Å². The lowest BCUT2D eigenvalue weighted by Crippen LogP contribution is -2.50. The zero-order valence-corrected chi connectivity index (χ0v) is 10.3. The first-order valence-corrected chi connectivity index (χ1v) is 6.05. The fourth-order valence-electron chi connectivity index (χ4n) is 3.73. The standard InChI is InChI=1S/C13H22O2/c1-9(14)15-13(12(2,3)4)8-10-5-6-11(13)7-10/h10-11H,5-8H2,1-4H3. The van der Waals surface area contributed by atoms with Crippen LogP contribution in [0.4, 0.5) is 0 Å². The van der Waals surface area contributed by atoms with Gasteiger partial charge in [0, 0.05) is 12.3 Å². The van der Waals surface area contributed by atoms with Crippen molar-refractivity contribution < 1.29 is 9.53 Å². The number of carbonyl (C=O) groups excluding carboxylic acids is 1. The molecule has 0 spiro atoms. The maximum Gasteiger partial charge on any atom is 0.303 e. The third-order valence-electron chi connectivity index (χ3n) is 4.39. The number of carbonyl (C=O) groups is 1. The molecule has 2 bridgehead atoms. The van der Waals surface area contributed by atoms with Gasteiger partial charge in [0.05, 0.1) is 0 Å². The lowest BCUT2D eigenvalue weighted by molar-refractivity contribution is -0.181. The average molecular weight is 210 g/mol. The number of rotatable bonds is 1. The van der Waals surface area contributed by atoms with Gasteiger partial charge in [-0.2, -0.15) is 0 Å². The molecule has 2 aliphatic carbocycles. The summed E-state index contributed by atoms with van der Waals surface area (Å²) in [4.78, 5) is 11.3. The number of hydrogen-bond acceptors (Lipinski definition) is 2. The molecule has 0 aromatic heterocycles. The van der Waals surface area contributed by atoms with Crippen LogP contribution in [-0.2, 0) is 9.53 Å². The van der Waals surface area contributed by atoms with Crippen molar-refractivity contribution in [1.29, 1.82) is 0 Å². The molecule has 0 heterocycles. The number of ether oxygens (including phenoxy) is 1. The van der Waals surface area contributed by atoms with Crippen molar-refractivity contribution in [2.45, 2.75) is 59.0 Å². The molecule has 0 saturated heterocycles. The minimum absolute atomic E-state index is 0.0680. The van der Waals surface area contributed by atoms with Crippen LogP contribution in [0.15, 0.2) is 0 Å². The number of esters is 1. The van der Waals surface area contributed by atoms with Gasteiger partial charge < -0.3 is 4.74 Å². The third kappa shape index (κ3) is 1.58. The molecule has 3 unspecified atom stereocenters. The molecule has 2 saturated carbocycles. The van der Waals surface area contributed by atoms with Gasteiger partial charge in [0.25, 0.3) is 0 Å². The SMILES string of the molecule is CC(=O)OC1(C(C)(C)C)CC2CCC1C2. The van der Waals surface area contributed by atoms with Crippen molar-refractivity contribution in [3.05, 3.63) is 0 Å². The summed E-state index contributed by atoms with van der Waals surface area (Å²) in [6.45, 7) is 8.16. The topological polar surface area (TPSA) is 26.3 Å². The second-order valence-corrected chi connectivity index (χ2v) is 6.31. The average Bonchev–Trinajstić information content (AvgIpc) is 2.60. The summed E-state index contributed by atoms with van der Waals surface area (Å²) in [6.07, 6.45) is 4.93. The number of hydrogen-bond donors (Lipinski definition) is 0. The fourth-order valence-corrected chi connectivity index (χ4v) is 3.73. The molecule has 2 aliphatic rings.